The van der Waals surface area contributed by atoms with Gasteiger partial charge in [0.25, 0.3) is 10.1 Å². The zero-order valence-corrected chi connectivity index (χ0v) is 17.6. The van der Waals surface area contributed by atoms with Gasteiger partial charge in [0.05, 0.1) is 18.4 Å². The van der Waals surface area contributed by atoms with E-state index in [0.29, 0.717) is 0 Å². The SMILES string of the molecule is CS(=O)(=O)O[C@@H](COC(=O)c1ccccc1)[C@H]1O[C@@H](O)C(O)[C@@H]1OCc1ccccc1. The molecule has 2 aromatic rings. The van der Waals surface area contributed by atoms with Crippen molar-refractivity contribution in [2.45, 2.75) is 37.3 Å². The van der Waals surface area contributed by atoms with E-state index in [2.05, 4.69) is 0 Å². The standard InChI is InChI=1S/C21H24O9S/c1-31(25,26)30-16(13-28-20(23)15-10-6-3-7-11-15)18-19(17(22)21(24)29-18)27-12-14-8-4-2-5-9-14/h2-11,16-19,21-22,24H,12-13H2,1H3/t16-,17?,18+,19-,21+/m0/s1. The van der Waals surface area contributed by atoms with E-state index in [4.69, 9.17) is 18.4 Å². The molecule has 168 valence electrons. The lowest BCUT2D eigenvalue weighted by atomic mass is 10.1. The molecule has 3 rings (SSSR count). The predicted octanol–water partition coefficient (Wildman–Crippen LogP) is 0.852. The summed E-state index contributed by atoms with van der Waals surface area (Å²) in [4.78, 5) is 12.3. The number of carbonyl (C=O) groups excluding carboxylic acids is 1. The van der Waals surface area contributed by atoms with E-state index in [-0.39, 0.29) is 12.2 Å². The number of ether oxygens (including phenoxy) is 3. The topological polar surface area (TPSA) is 129 Å². The number of hydrogen-bond acceptors (Lipinski definition) is 9. The van der Waals surface area contributed by atoms with Gasteiger partial charge in [0, 0.05) is 0 Å². The third-order valence-corrected chi connectivity index (χ3v) is 5.18. The van der Waals surface area contributed by atoms with Crippen LogP contribution in [0.4, 0.5) is 0 Å². The Labute approximate surface area is 180 Å². The molecule has 0 bridgehead atoms. The van der Waals surface area contributed by atoms with Crippen molar-refractivity contribution in [2.24, 2.45) is 0 Å². The number of benzene rings is 2. The van der Waals surface area contributed by atoms with Crippen molar-refractivity contribution in [1.29, 1.82) is 0 Å². The molecular weight excluding hydrogens is 428 g/mol. The Morgan fingerprint density at radius 1 is 1.06 bits per heavy atom. The van der Waals surface area contributed by atoms with Crippen LogP contribution < -0.4 is 0 Å². The number of aliphatic hydroxyl groups excluding tert-OH is 2. The first-order valence-corrected chi connectivity index (χ1v) is 11.3. The second kappa shape index (κ2) is 10.3. The number of esters is 1. The minimum absolute atomic E-state index is 0.0740. The van der Waals surface area contributed by atoms with Crippen molar-refractivity contribution in [3.8, 4) is 0 Å². The minimum Gasteiger partial charge on any atom is -0.459 e. The second-order valence-electron chi connectivity index (χ2n) is 7.05. The maximum absolute atomic E-state index is 12.3. The molecule has 1 unspecified atom stereocenters. The van der Waals surface area contributed by atoms with E-state index in [9.17, 15) is 23.4 Å². The Kier molecular flexibility index (Phi) is 7.76. The van der Waals surface area contributed by atoms with Gasteiger partial charge < -0.3 is 24.4 Å². The lowest BCUT2D eigenvalue weighted by Gasteiger charge is -2.27. The van der Waals surface area contributed by atoms with E-state index in [0.717, 1.165) is 11.8 Å². The third kappa shape index (κ3) is 6.57. The zero-order valence-electron chi connectivity index (χ0n) is 16.7. The van der Waals surface area contributed by atoms with Gasteiger partial charge in [-0.2, -0.15) is 8.42 Å². The fourth-order valence-corrected chi connectivity index (χ4v) is 3.77. The molecule has 1 saturated heterocycles. The van der Waals surface area contributed by atoms with Crippen LogP contribution in [0, 0.1) is 0 Å². The van der Waals surface area contributed by atoms with Crippen LogP contribution in [0.2, 0.25) is 0 Å². The van der Waals surface area contributed by atoms with E-state index < -0.39 is 53.4 Å². The summed E-state index contributed by atoms with van der Waals surface area (Å²) in [6.45, 7) is -0.430. The highest BCUT2D eigenvalue weighted by Gasteiger charge is 2.49. The molecule has 2 N–H and O–H groups in total. The molecule has 1 fully saturated rings. The summed E-state index contributed by atoms with van der Waals surface area (Å²) in [6.07, 6.45) is -5.94. The first-order valence-electron chi connectivity index (χ1n) is 9.52. The van der Waals surface area contributed by atoms with E-state index in [1.807, 2.05) is 18.2 Å². The number of rotatable bonds is 9. The predicted molar refractivity (Wildman–Crippen MR) is 108 cm³/mol. The molecule has 0 spiro atoms. The Balaban J connectivity index is 1.74. The highest BCUT2D eigenvalue weighted by Crippen LogP contribution is 2.28. The van der Waals surface area contributed by atoms with Crippen molar-refractivity contribution >= 4 is 16.1 Å². The molecule has 1 aliphatic rings. The van der Waals surface area contributed by atoms with Gasteiger partial charge in [-0.25, -0.2) is 4.79 Å². The summed E-state index contributed by atoms with van der Waals surface area (Å²) in [5, 5.41) is 20.3. The van der Waals surface area contributed by atoms with Crippen LogP contribution in [0.1, 0.15) is 15.9 Å². The molecule has 31 heavy (non-hydrogen) atoms. The van der Waals surface area contributed by atoms with Crippen LogP contribution in [0.25, 0.3) is 0 Å². The summed E-state index contributed by atoms with van der Waals surface area (Å²) >= 11 is 0. The molecule has 9 nitrogen and oxygen atoms in total. The molecular formula is C21H24O9S. The number of hydrogen-bond donors (Lipinski definition) is 2. The molecule has 0 aromatic heterocycles. The van der Waals surface area contributed by atoms with E-state index in [1.165, 1.54) is 0 Å². The van der Waals surface area contributed by atoms with Gasteiger partial charge in [0.2, 0.25) is 0 Å². The summed E-state index contributed by atoms with van der Waals surface area (Å²) in [7, 11) is -3.99. The summed E-state index contributed by atoms with van der Waals surface area (Å²) < 4.78 is 44.9. The minimum atomic E-state index is -3.99. The smallest absolute Gasteiger partial charge is 0.338 e. The van der Waals surface area contributed by atoms with Crippen LogP contribution in [0.15, 0.2) is 60.7 Å². The summed E-state index contributed by atoms with van der Waals surface area (Å²) in [5.41, 5.74) is 1.07. The molecule has 0 saturated carbocycles. The quantitative estimate of drug-likeness (QED) is 0.420. The Bertz CT molecular complexity index is 949. The van der Waals surface area contributed by atoms with Crippen molar-refractivity contribution in [3.05, 3.63) is 71.8 Å². The molecule has 1 aliphatic heterocycles. The van der Waals surface area contributed by atoms with Crippen LogP contribution >= 0.6 is 0 Å². The highest BCUT2D eigenvalue weighted by molar-refractivity contribution is 7.86. The average Bonchev–Trinajstić information content (AvgIpc) is 3.03. The summed E-state index contributed by atoms with van der Waals surface area (Å²) in [6, 6.07) is 17.2. The largest absolute Gasteiger partial charge is 0.459 e. The van der Waals surface area contributed by atoms with Crippen LogP contribution in [-0.2, 0) is 35.1 Å². The number of aliphatic hydroxyl groups is 2. The van der Waals surface area contributed by atoms with Crippen molar-refractivity contribution in [2.75, 3.05) is 12.9 Å². The van der Waals surface area contributed by atoms with Gasteiger partial charge in [0.1, 0.15) is 31.0 Å². The normalized spacial score (nSPS) is 24.6. The number of carbonyl (C=O) groups is 1. The van der Waals surface area contributed by atoms with Gasteiger partial charge in [-0.15, -0.1) is 0 Å². The average molecular weight is 452 g/mol. The highest BCUT2D eigenvalue weighted by atomic mass is 32.2. The van der Waals surface area contributed by atoms with Crippen molar-refractivity contribution in [3.63, 3.8) is 0 Å². The summed E-state index contributed by atoms with van der Waals surface area (Å²) in [5.74, 6) is -0.691. The Morgan fingerprint density at radius 2 is 1.68 bits per heavy atom. The van der Waals surface area contributed by atoms with Crippen molar-refractivity contribution in [1.82, 2.24) is 0 Å². The third-order valence-electron chi connectivity index (χ3n) is 4.59. The molecule has 5 atom stereocenters. The molecule has 0 amide bonds. The van der Waals surface area contributed by atoms with Gasteiger partial charge in [0.15, 0.2) is 6.29 Å². The lowest BCUT2D eigenvalue weighted by molar-refractivity contribution is -0.147. The second-order valence-corrected chi connectivity index (χ2v) is 8.65. The van der Waals surface area contributed by atoms with Crippen LogP contribution in [0.5, 0.6) is 0 Å². The van der Waals surface area contributed by atoms with Gasteiger partial charge in [-0.3, -0.25) is 4.18 Å². The Morgan fingerprint density at radius 3 is 2.29 bits per heavy atom. The van der Waals surface area contributed by atoms with E-state index >= 15 is 0 Å². The fourth-order valence-electron chi connectivity index (χ4n) is 3.15. The monoisotopic (exact) mass is 452 g/mol. The zero-order chi connectivity index (χ0) is 22.4. The van der Waals surface area contributed by atoms with Crippen LogP contribution in [0.3, 0.4) is 0 Å². The van der Waals surface area contributed by atoms with Crippen molar-refractivity contribution < 1.29 is 41.8 Å². The molecule has 0 radical (unpaired) electrons. The van der Waals surface area contributed by atoms with Gasteiger partial charge >= 0.3 is 5.97 Å². The van der Waals surface area contributed by atoms with Gasteiger partial charge in [-0.05, 0) is 17.7 Å². The molecule has 10 heteroatoms. The Hall–Kier alpha value is -2.34. The lowest BCUT2D eigenvalue weighted by Crippen LogP contribution is -2.45. The molecule has 2 aromatic carbocycles. The fraction of sp³-hybridized carbons (Fsp3) is 0.381. The molecule has 0 aliphatic carbocycles. The first kappa shape index (κ1) is 23.3. The van der Waals surface area contributed by atoms with Gasteiger partial charge in [-0.1, -0.05) is 48.5 Å². The maximum atomic E-state index is 12.3. The first-order chi connectivity index (χ1) is 14.7. The molecule has 1 heterocycles. The maximum Gasteiger partial charge on any atom is 0.338 e. The van der Waals surface area contributed by atoms with E-state index in [1.54, 1.807) is 42.5 Å². The van der Waals surface area contributed by atoms with Crippen LogP contribution in [-0.4, -0.2) is 68.2 Å².